The molecule has 1 fully saturated rings. The summed E-state index contributed by atoms with van der Waals surface area (Å²) in [5.41, 5.74) is 0.390. The van der Waals surface area contributed by atoms with Gasteiger partial charge in [-0.3, -0.25) is 0 Å². The van der Waals surface area contributed by atoms with E-state index in [1.807, 2.05) is 0 Å². The molecular weight excluding hydrogens is 240 g/mol. The predicted molar refractivity (Wildman–Crippen MR) is 65.7 cm³/mol. The maximum absolute atomic E-state index is 11.3. The van der Waals surface area contributed by atoms with Crippen molar-refractivity contribution in [1.29, 1.82) is 0 Å². The monoisotopic (exact) mass is 256 g/mol. The number of carbonyl (C=O) groups is 1. The van der Waals surface area contributed by atoms with Crippen molar-refractivity contribution in [3.63, 3.8) is 0 Å². The Balaban J connectivity index is 1.99. The molecule has 0 spiro atoms. The molecule has 5 nitrogen and oxygen atoms in total. The Bertz CT molecular complexity index is 386. The van der Waals surface area contributed by atoms with Gasteiger partial charge in [0.25, 0.3) is 0 Å². The number of thiazole rings is 1. The number of aromatic nitrogens is 1. The zero-order valence-corrected chi connectivity index (χ0v) is 10.8. The molecule has 6 heteroatoms. The van der Waals surface area contributed by atoms with Crippen LogP contribution < -0.4 is 4.90 Å². The molecule has 1 aliphatic heterocycles. The second-order valence-corrected chi connectivity index (χ2v) is 4.77. The lowest BCUT2D eigenvalue weighted by molar-refractivity contribution is 0.0594. The van der Waals surface area contributed by atoms with Crippen LogP contribution in [0.2, 0.25) is 0 Å². The van der Waals surface area contributed by atoms with Gasteiger partial charge in [-0.2, -0.15) is 0 Å². The number of carbonyl (C=O) groups excluding carboxylic acids is 1. The quantitative estimate of drug-likeness (QED) is 0.768. The molecule has 0 atom stereocenters. The van der Waals surface area contributed by atoms with Gasteiger partial charge in [-0.15, -0.1) is 11.3 Å². The Labute approximate surface area is 104 Å². The average molecular weight is 256 g/mol. The molecule has 1 aromatic rings. The fourth-order valence-corrected chi connectivity index (χ4v) is 2.74. The number of anilines is 1. The van der Waals surface area contributed by atoms with Gasteiger partial charge in [-0.1, -0.05) is 0 Å². The minimum atomic E-state index is -0.376. The van der Waals surface area contributed by atoms with Crippen molar-refractivity contribution in [2.75, 3.05) is 32.2 Å². The average Bonchev–Trinajstić information content (AvgIpc) is 2.87. The topological polar surface area (TPSA) is 51.7 Å². The molecule has 0 bridgehead atoms. The van der Waals surface area contributed by atoms with E-state index in [-0.39, 0.29) is 5.97 Å². The molecule has 1 aromatic heterocycles. The van der Waals surface area contributed by atoms with Crippen LogP contribution in [0.3, 0.4) is 0 Å². The first-order valence-corrected chi connectivity index (χ1v) is 6.44. The van der Waals surface area contributed by atoms with Crippen LogP contribution in [0, 0.1) is 0 Å². The van der Waals surface area contributed by atoms with Crippen LogP contribution in [-0.2, 0) is 9.47 Å². The minimum absolute atomic E-state index is 0.353. The number of hydrogen-bond acceptors (Lipinski definition) is 6. The third-order valence-corrected chi connectivity index (χ3v) is 3.83. The Morgan fingerprint density at radius 1 is 1.47 bits per heavy atom. The van der Waals surface area contributed by atoms with E-state index in [9.17, 15) is 4.79 Å². The second-order valence-electron chi connectivity index (χ2n) is 3.93. The van der Waals surface area contributed by atoms with E-state index in [1.165, 1.54) is 18.4 Å². The molecule has 2 heterocycles. The summed E-state index contributed by atoms with van der Waals surface area (Å²) >= 11 is 1.48. The van der Waals surface area contributed by atoms with E-state index in [2.05, 4.69) is 14.6 Å². The molecule has 0 unspecified atom stereocenters. The van der Waals surface area contributed by atoms with E-state index in [1.54, 1.807) is 12.5 Å². The van der Waals surface area contributed by atoms with E-state index in [0.717, 1.165) is 31.1 Å². The lowest BCUT2D eigenvalue weighted by Crippen LogP contribution is -2.36. The highest BCUT2D eigenvalue weighted by Gasteiger charge is 2.21. The summed E-state index contributed by atoms with van der Waals surface area (Å²) in [6.07, 6.45) is 2.36. The number of nitrogens with zero attached hydrogens (tertiary/aromatic N) is 2. The van der Waals surface area contributed by atoms with Crippen molar-refractivity contribution in [1.82, 2.24) is 4.98 Å². The molecule has 0 N–H and O–H groups in total. The number of piperidine rings is 1. The summed E-state index contributed by atoms with van der Waals surface area (Å²) in [6, 6.07) is 0. The smallest absolute Gasteiger partial charge is 0.357 e. The number of ether oxygens (including phenoxy) is 2. The van der Waals surface area contributed by atoms with E-state index < -0.39 is 0 Å². The van der Waals surface area contributed by atoms with Crippen molar-refractivity contribution in [3.8, 4) is 0 Å². The Hall–Kier alpha value is -1.14. The first-order valence-electron chi connectivity index (χ1n) is 5.56. The molecule has 0 aliphatic carbocycles. The van der Waals surface area contributed by atoms with E-state index in [4.69, 9.17) is 4.74 Å². The molecule has 0 amide bonds. The largest absolute Gasteiger partial charge is 0.464 e. The first kappa shape index (κ1) is 12.3. The molecular formula is C11H16N2O3S. The van der Waals surface area contributed by atoms with Crippen molar-refractivity contribution < 1.29 is 14.3 Å². The third-order valence-electron chi connectivity index (χ3n) is 2.93. The van der Waals surface area contributed by atoms with Gasteiger partial charge < -0.3 is 14.4 Å². The van der Waals surface area contributed by atoms with Crippen LogP contribution in [-0.4, -0.2) is 44.4 Å². The van der Waals surface area contributed by atoms with Gasteiger partial charge in [-0.25, -0.2) is 9.78 Å². The van der Waals surface area contributed by atoms with Gasteiger partial charge in [0.2, 0.25) is 0 Å². The zero-order chi connectivity index (χ0) is 12.3. The summed E-state index contributed by atoms with van der Waals surface area (Å²) in [6.45, 7) is 1.85. The maximum atomic E-state index is 11.3. The Kier molecular flexibility index (Phi) is 3.96. The molecule has 0 radical (unpaired) electrons. The lowest BCUT2D eigenvalue weighted by atomic mass is 10.1. The van der Waals surface area contributed by atoms with Crippen molar-refractivity contribution in [2.45, 2.75) is 18.9 Å². The van der Waals surface area contributed by atoms with Gasteiger partial charge >= 0.3 is 5.97 Å². The highest BCUT2D eigenvalue weighted by molar-refractivity contribution is 7.13. The predicted octanol–water partition coefficient (Wildman–Crippen LogP) is 1.54. The van der Waals surface area contributed by atoms with Crippen molar-refractivity contribution in [3.05, 3.63) is 11.1 Å². The van der Waals surface area contributed by atoms with E-state index >= 15 is 0 Å². The van der Waals surface area contributed by atoms with Gasteiger partial charge in [0.15, 0.2) is 10.8 Å². The summed E-state index contributed by atoms with van der Waals surface area (Å²) in [7, 11) is 3.12. The van der Waals surface area contributed by atoms with Gasteiger partial charge in [-0.05, 0) is 12.8 Å². The minimum Gasteiger partial charge on any atom is -0.464 e. The van der Waals surface area contributed by atoms with Crippen LogP contribution in [0.5, 0.6) is 0 Å². The molecule has 0 aromatic carbocycles. The first-order chi connectivity index (χ1) is 8.24. The van der Waals surface area contributed by atoms with Crippen LogP contribution in [0.25, 0.3) is 0 Å². The van der Waals surface area contributed by atoms with E-state index in [0.29, 0.717) is 11.8 Å². The zero-order valence-electron chi connectivity index (χ0n) is 10.0. The summed E-state index contributed by atoms with van der Waals surface area (Å²) in [5, 5.41) is 2.63. The highest BCUT2D eigenvalue weighted by atomic mass is 32.1. The summed E-state index contributed by atoms with van der Waals surface area (Å²) in [5.74, 6) is -0.376. The number of hydrogen-bond donors (Lipinski definition) is 0. The molecule has 1 aliphatic rings. The maximum Gasteiger partial charge on any atom is 0.357 e. The lowest BCUT2D eigenvalue weighted by Gasteiger charge is -2.30. The normalized spacial score (nSPS) is 17.2. The van der Waals surface area contributed by atoms with Crippen LogP contribution in [0.4, 0.5) is 5.13 Å². The number of rotatable bonds is 3. The fourth-order valence-electron chi connectivity index (χ4n) is 1.89. The fraction of sp³-hybridized carbons (Fsp3) is 0.636. The second kappa shape index (κ2) is 5.46. The number of esters is 1. The third kappa shape index (κ3) is 2.76. The molecule has 0 saturated carbocycles. The molecule has 2 rings (SSSR count). The number of methoxy groups -OCH3 is 2. The highest BCUT2D eigenvalue weighted by Crippen LogP contribution is 2.25. The summed E-state index contributed by atoms with van der Waals surface area (Å²) < 4.78 is 9.96. The Morgan fingerprint density at radius 3 is 2.76 bits per heavy atom. The summed E-state index contributed by atoms with van der Waals surface area (Å²) in [4.78, 5) is 17.8. The van der Waals surface area contributed by atoms with Gasteiger partial charge in [0, 0.05) is 25.6 Å². The SMILES string of the molecule is COC(=O)c1csc(N2CCC(OC)CC2)n1. The standard InChI is InChI=1S/C11H16N2O3S/c1-15-8-3-5-13(6-4-8)11-12-9(7-17-11)10(14)16-2/h7-8H,3-6H2,1-2H3. The van der Waals surface area contributed by atoms with Crippen LogP contribution in [0.1, 0.15) is 23.3 Å². The van der Waals surface area contributed by atoms with Gasteiger partial charge in [0.05, 0.1) is 13.2 Å². The molecule has 1 saturated heterocycles. The van der Waals surface area contributed by atoms with Crippen LogP contribution >= 0.6 is 11.3 Å². The Morgan fingerprint density at radius 2 is 2.18 bits per heavy atom. The van der Waals surface area contributed by atoms with Crippen molar-refractivity contribution >= 4 is 22.4 Å². The van der Waals surface area contributed by atoms with Crippen LogP contribution in [0.15, 0.2) is 5.38 Å². The van der Waals surface area contributed by atoms with Gasteiger partial charge in [0.1, 0.15) is 0 Å². The van der Waals surface area contributed by atoms with Crippen molar-refractivity contribution in [2.24, 2.45) is 0 Å². The molecule has 94 valence electrons. The molecule has 17 heavy (non-hydrogen) atoms.